The van der Waals surface area contributed by atoms with E-state index in [0.29, 0.717) is 57.1 Å². The van der Waals surface area contributed by atoms with Gasteiger partial charge in [-0.3, -0.25) is 9.59 Å². The molecule has 0 N–H and O–H groups in total. The fourth-order valence-electron chi connectivity index (χ4n) is 6.51. The number of benzene rings is 2. The van der Waals surface area contributed by atoms with Crippen LogP contribution in [-0.2, 0) is 14.3 Å². The van der Waals surface area contributed by atoms with Crippen LogP contribution in [-0.4, -0.2) is 84.1 Å². The lowest BCUT2D eigenvalue weighted by Crippen LogP contribution is -2.48. The molecule has 3 amide bonds. The van der Waals surface area contributed by atoms with Gasteiger partial charge in [-0.25, -0.2) is 9.18 Å². The number of carbonyl (C=O) groups excluding carboxylic acids is 3. The number of hydrogen-bond donors (Lipinski definition) is 0. The molecule has 2 aromatic rings. The minimum atomic E-state index is -0.581. The van der Waals surface area contributed by atoms with Gasteiger partial charge < -0.3 is 24.2 Å². The van der Waals surface area contributed by atoms with Gasteiger partial charge in [-0.05, 0) is 81.5 Å². The molecular weight excluding hydrogens is 561 g/mol. The molecule has 1 unspecified atom stereocenters. The lowest BCUT2D eigenvalue weighted by Gasteiger charge is -2.39. The molecule has 10 heteroatoms. The predicted octanol–water partition coefficient (Wildman–Crippen LogP) is 5.35. The first kappa shape index (κ1) is 30.3. The Balaban J connectivity index is 1.24. The van der Waals surface area contributed by atoms with E-state index < -0.39 is 11.9 Å². The molecule has 2 aromatic carbocycles. The number of likely N-dealkylation sites (N-methyl/N-ethyl adjacent to an activating group) is 1. The molecule has 42 heavy (non-hydrogen) atoms. The summed E-state index contributed by atoms with van der Waals surface area (Å²) in [6.45, 7) is 6.58. The Morgan fingerprint density at radius 1 is 0.929 bits per heavy atom. The first-order valence-corrected chi connectivity index (χ1v) is 15.1. The van der Waals surface area contributed by atoms with Gasteiger partial charge in [0.1, 0.15) is 11.6 Å². The summed E-state index contributed by atoms with van der Waals surface area (Å²) in [6.07, 6.45) is 2.10. The molecule has 0 bridgehead atoms. The SMILES string of the molecule is CN(C(=O)Oc1ccc(F)cc1)[C@@H]1CN(C(=O)C2CCN(C(=O)C3CCOC(C)(C)C3)CC2)C[C@H]1c1ccc(Cl)cc1. The first-order chi connectivity index (χ1) is 20.0. The number of likely N-dealkylation sites (tertiary alicyclic amines) is 2. The monoisotopic (exact) mass is 599 g/mol. The third-order valence-corrected chi connectivity index (χ3v) is 9.16. The maximum absolute atomic E-state index is 13.8. The van der Waals surface area contributed by atoms with Crippen molar-refractivity contribution in [1.82, 2.24) is 14.7 Å². The smallest absolute Gasteiger partial charge is 0.410 e. The summed E-state index contributed by atoms with van der Waals surface area (Å²) in [4.78, 5) is 45.4. The third kappa shape index (κ3) is 6.89. The molecular formula is C32H39ClFN3O5. The summed E-state index contributed by atoms with van der Waals surface area (Å²) in [7, 11) is 1.66. The van der Waals surface area contributed by atoms with Crippen molar-refractivity contribution in [2.75, 3.05) is 39.8 Å². The molecule has 226 valence electrons. The Bertz CT molecular complexity index is 1280. The minimum Gasteiger partial charge on any atom is -0.410 e. The Labute approximate surface area is 251 Å². The third-order valence-electron chi connectivity index (χ3n) is 8.91. The van der Waals surface area contributed by atoms with Gasteiger partial charge in [0, 0.05) is 62.6 Å². The van der Waals surface area contributed by atoms with E-state index in [9.17, 15) is 18.8 Å². The van der Waals surface area contributed by atoms with Gasteiger partial charge in [0.2, 0.25) is 11.8 Å². The molecule has 3 aliphatic rings. The molecule has 3 saturated heterocycles. The van der Waals surface area contributed by atoms with Crippen molar-refractivity contribution in [3.05, 3.63) is 64.9 Å². The van der Waals surface area contributed by atoms with E-state index in [1.165, 1.54) is 29.2 Å². The number of hydrogen-bond acceptors (Lipinski definition) is 5. The van der Waals surface area contributed by atoms with Gasteiger partial charge >= 0.3 is 6.09 Å². The van der Waals surface area contributed by atoms with Gasteiger partial charge in [0.15, 0.2) is 0 Å². The van der Waals surface area contributed by atoms with Crippen LogP contribution in [0.3, 0.4) is 0 Å². The molecule has 8 nitrogen and oxygen atoms in total. The highest BCUT2D eigenvalue weighted by molar-refractivity contribution is 6.30. The summed E-state index contributed by atoms with van der Waals surface area (Å²) in [6, 6.07) is 12.4. The molecule has 5 rings (SSSR count). The second-order valence-corrected chi connectivity index (χ2v) is 12.7. The van der Waals surface area contributed by atoms with Gasteiger partial charge in [0.05, 0.1) is 11.6 Å². The highest BCUT2D eigenvalue weighted by Gasteiger charge is 2.43. The number of piperidine rings is 1. The van der Waals surface area contributed by atoms with Crippen LogP contribution in [0.15, 0.2) is 48.5 Å². The van der Waals surface area contributed by atoms with Crippen molar-refractivity contribution >= 4 is 29.5 Å². The Morgan fingerprint density at radius 2 is 1.57 bits per heavy atom. The number of rotatable bonds is 5. The molecule has 3 fully saturated rings. The topological polar surface area (TPSA) is 79.4 Å². The lowest BCUT2D eigenvalue weighted by atomic mass is 9.86. The van der Waals surface area contributed by atoms with Crippen molar-refractivity contribution in [2.45, 2.75) is 57.1 Å². The summed E-state index contributed by atoms with van der Waals surface area (Å²) < 4.78 is 24.6. The summed E-state index contributed by atoms with van der Waals surface area (Å²) in [5, 5.41) is 0.607. The van der Waals surface area contributed by atoms with Crippen LogP contribution < -0.4 is 4.74 Å². The fraction of sp³-hybridized carbons (Fsp3) is 0.531. The summed E-state index contributed by atoms with van der Waals surface area (Å²) >= 11 is 6.14. The second-order valence-electron chi connectivity index (χ2n) is 12.3. The van der Waals surface area contributed by atoms with Crippen LogP contribution >= 0.6 is 11.6 Å². The maximum atomic E-state index is 13.8. The van der Waals surface area contributed by atoms with Gasteiger partial charge in [-0.1, -0.05) is 23.7 Å². The van der Waals surface area contributed by atoms with Crippen LogP contribution in [0.2, 0.25) is 5.02 Å². The summed E-state index contributed by atoms with van der Waals surface area (Å²) in [5.74, 6) is -0.312. The largest absolute Gasteiger partial charge is 0.415 e. The van der Waals surface area contributed by atoms with E-state index in [-0.39, 0.29) is 47.0 Å². The van der Waals surface area contributed by atoms with E-state index in [0.717, 1.165) is 12.0 Å². The number of amides is 3. The molecule has 3 heterocycles. The van der Waals surface area contributed by atoms with E-state index in [1.54, 1.807) is 7.05 Å². The quantitative estimate of drug-likeness (QED) is 0.463. The number of carbonyl (C=O) groups is 3. The van der Waals surface area contributed by atoms with Crippen LogP contribution in [0.1, 0.15) is 51.0 Å². The highest BCUT2D eigenvalue weighted by atomic mass is 35.5. The standard InChI is InChI=1S/C32H39ClFN3O5/c1-32(2)18-23(14-17-41-32)30(39)36-15-12-22(13-16-36)29(38)37-19-27(21-4-6-24(33)7-5-21)28(20-37)35(3)31(40)42-26-10-8-25(34)9-11-26/h4-11,22-23,27-28H,12-20H2,1-3H3/t23?,27-,28+/m0/s1. The van der Waals surface area contributed by atoms with E-state index in [1.807, 2.05) is 47.9 Å². The zero-order valence-electron chi connectivity index (χ0n) is 24.4. The Kier molecular flexibility index (Phi) is 9.08. The highest BCUT2D eigenvalue weighted by Crippen LogP contribution is 2.35. The number of halogens is 2. The van der Waals surface area contributed by atoms with E-state index >= 15 is 0 Å². The second kappa shape index (κ2) is 12.6. The summed E-state index contributed by atoms with van der Waals surface area (Å²) in [5.41, 5.74) is 0.680. The zero-order chi connectivity index (χ0) is 30.0. The Morgan fingerprint density at radius 3 is 2.21 bits per heavy atom. The lowest BCUT2D eigenvalue weighted by molar-refractivity contribution is -0.148. The molecule has 0 aliphatic carbocycles. The average molecular weight is 600 g/mol. The average Bonchev–Trinajstić information content (AvgIpc) is 3.42. The number of nitrogens with zero attached hydrogens (tertiary/aromatic N) is 3. The van der Waals surface area contributed by atoms with Crippen LogP contribution in [0.25, 0.3) is 0 Å². The molecule has 0 spiro atoms. The predicted molar refractivity (Wildman–Crippen MR) is 157 cm³/mol. The van der Waals surface area contributed by atoms with E-state index in [2.05, 4.69) is 0 Å². The van der Waals surface area contributed by atoms with Crippen LogP contribution in [0.4, 0.5) is 9.18 Å². The van der Waals surface area contributed by atoms with Gasteiger partial charge in [0.25, 0.3) is 0 Å². The van der Waals surface area contributed by atoms with Crippen molar-refractivity contribution in [2.24, 2.45) is 11.8 Å². The minimum absolute atomic E-state index is 0.0364. The van der Waals surface area contributed by atoms with Crippen molar-refractivity contribution < 1.29 is 28.2 Å². The fourth-order valence-corrected chi connectivity index (χ4v) is 6.64. The van der Waals surface area contributed by atoms with E-state index in [4.69, 9.17) is 21.1 Å². The molecule has 3 atom stereocenters. The van der Waals surface area contributed by atoms with Gasteiger partial charge in [-0.15, -0.1) is 0 Å². The molecule has 0 saturated carbocycles. The van der Waals surface area contributed by atoms with Crippen LogP contribution in [0, 0.1) is 17.7 Å². The van der Waals surface area contributed by atoms with Crippen molar-refractivity contribution in [1.29, 1.82) is 0 Å². The normalized spacial score (nSPS) is 24.4. The zero-order valence-corrected chi connectivity index (χ0v) is 25.2. The maximum Gasteiger partial charge on any atom is 0.415 e. The van der Waals surface area contributed by atoms with Gasteiger partial charge in [-0.2, -0.15) is 0 Å². The van der Waals surface area contributed by atoms with Crippen LogP contribution in [0.5, 0.6) is 5.75 Å². The number of ether oxygens (including phenoxy) is 2. The van der Waals surface area contributed by atoms with Crippen molar-refractivity contribution in [3.8, 4) is 5.75 Å². The molecule has 3 aliphatic heterocycles. The molecule has 0 aromatic heterocycles. The van der Waals surface area contributed by atoms with Crippen molar-refractivity contribution in [3.63, 3.8) is 0 Å². The Hall–Kier alpha value is -3.17. The first-order valence-electron chi connectivity index (χ1n) is 14.7. The molecule has 0 radical (unpaired) electrons.